The topological polar surface area (TPSA) is 228 Å². The Morgan fingerprint density at radius 2 is 1.39 bits per heavy atom. The van der Waals surface area contributed by atoms with Crippen molar-refractivity contribution < 1.29 is 44.4 Å². The average molecular weight is 448 g/mol. The second-order valence-corrected chi connectivity index (χ2v) is 7.54. The molecule has 0 aromatic carbocycles. The predicted molar refractivity (Wildman–Crippen MR) is 106 cm³/mol. The van der Waals surface area contributed by atoms with Crippen LogP contribution < -0.4 is 21.7 Å². The van der Waals surface area contributed by atoms with E-state index in [2.05, 4.69) is 10.6 Å². The molecule has 0 aromatic heterocycles. The summed E-state index contributed by atoms with van der Waals surface area (Å²) in [6, 6.07) is -5.60. The van der Waals surface area contributed by atoms with Crippen LogP contribution in [0.25, 0.3) is 0 Å². The van der Waals surface area contributed by atoms with Crippen molar-refractivity contribution in [3.05, 3.63) is 0 Å². The molecule has 0 bridgehead atoms. The van der Waals surface area contributed by atoms with Crippen molar-refractivity contribution >= 4 is 29.7 Å². The number of hydrogen-bond donors (Lipinski definition) is 8. The molecule has 0 aromatic rings. The Balaban J connectivity index is 5.30. The third-order valence-corrected chi connectivity index (χ3v) is 4.20. The van der Waals surface area contributed by atoms with Crippen LogP contribution in [0.1, 0.15) is 40.0 Å². The highest BCUT2D eigenvalue weighted by Gasteiger charge is 2.31. The number of aliphatic carboxylic acids is 2. The van der Waals surface area contributed by atoms with Gasteiger partial charge in [-0.15, -0.1) is 0 Å². The molecule has 13 heteroatoms. The molecule has 0 fully saturated rings. The summed E-state index contributed by atoms with van der Waals surface area (Å²) in [5.74, 6) is -5.42. The quantitative estimate of drug-likeness (QED) is 0.135. The van der Waals surface area contributed by atoms with Gasteiger partial charge >= 0.3 is 11.9 Å². The number of amides is 3. The van der Waals surface area contributed by atoms with Crippen molar-refractivity contribution in [2.24, 2.45) is 11.7 Å². The maximum absolute atomic E-state index is 12.5. The Hall–Kier alpha value is -2.77. The summed E-state index contributed by atoms with van der Waals surface area (Å²) in [7, 11) is 0. The lowest BCUT2D eigenvalue weighted by Crippen LogP contribution is -2.59. The van der Waals surface area contributed by atoms with Crippen molar-refractivity contribution in [3.63, 3.8) is 0 Å². The fourth-order valence-corrected chi connectivity index (χ4v) is 2.54. The molecule has 0 aliphatic rings. The second kappa shape index (κ2) is 13.5. The largest absolute Gasteiger partial charge is 0.481 e. The first-order valence-corrected chi connectivity index (χ1v) is 9.70. The van der Waals surface area contributed by atoms with Crippen LogP contribution >= 0.6 is 0 Å². The first kappa shape index (κ1) is 28.2. The molecule has 178 valence electrons. The van der Waals surface area contributed by atoms with Crippen LogP contribution in [0.3, 0.4) is 0 Å². The highest BCUT2D eigenvalue weighted by atomic mass is 16.4. The number of aliphatic hydroxyl groups excluding tert-OH is 2. The summed E-state index contributed by atoms with van der Waals surface area (Å²) in [6.07, 6.45) is -1.93. The van der Waals surface area contributed by atoms with Crippen LogP contribution in [-0.2, 0) is 24.0 Å². The summed E-state index contributed by atoms with van der Waals surface area (Å²) in [4.78, 5) is 59.0. The van der Waals surface area contributed by atoms with Gasteiger partial charge in [0, 0.05) is 6.42 Å². The molecule has 5 atom stereocenters. The lowest BCUT2D eigenvalue weighted by Gasteiger charge is -2.25. The van der Waals surface area contributed by atoms with Gasteiger partial charge in [-0.25, -0.2) is 4.79 Å². The summed E-state index contributed by atoms with van der Waals surface area (Å²) >= 11 is 0. The van der Waals surface area contributed by atoms with Gasteiger partial charge in [-0.3, -0.25) is 19.2 Å². The third-order valence-electron chi connectivity index (χ3n) is 4.20. The van der Waals surface area contributed by atoms with E-state index in [0.717, 1.165) is 6.92 Å². The zero-order valence-corrected chi connectivity index (χ0v) is 17.7. The summed E-state index contributed by atoms with van der Waals surface area (Å²) < 4.78 is 0. The van der Waals surface area contributed by atoms with E-state index in [9.17, 15) is 34.2 Å². The number of rotatable bonds is 14. The number of hydrogen-bond acceptors (Lipinski definition) is 8. The van der Waals surface area contributed by atoms with E-state index in [1.807, 2.05) is 19.2 Å². The van der Waals surface area contributed by atoms with Crippen molar-refractivity contribution in [2.45, 2.75) is 70.3 Å². The van der Waals surface area contributed by atoms with E-state index in [-0.39, 0.29) is 12.3 Å². The van der Waals surface area contributed by atoms with Crippen molar-refractivity contribution in [2.75, 3.05) is 6.61 Å². The van der Waals surface area contributed by atoms with Gasteiger partial charge in [0.2, 0.25) is 17.7 Å². The zero-order valence-electron chi connectivity index (χ0n) is 17.7. The van der Waals surface area contributed by atoms with E-state index < -0.39 is 73.0 Å². The minimum atomic E-state index is -1.69. The van der Waals surface area contributed by atoms with Crippen molar-refractivity contribution in [3.8, 4) is 0 Å². The monoisotopic (exact) mass is 448 g/mol. The fraction of sp³-hybridized carbons (Fsp3) is 0.722. The van der Waals surface area contributed by atoms with Crippen LogP contribution in [0.4, 0.5) is 0 Å². The van der Waals surface area contributed by atoms with E-state index >= 15 is 0 Å². The minimum Gasteiger partial charge on any atom is -0.481 e. The Bertz CT molecular complexity index is 654. The third kappa shape index (κ3) is 10.7. The first-order chi connectivity index (χ1) is 14.3. The number of nitrogens with one attached hydrogen (secondary N) is 3. The Morgan fingerprint density at radius 3 is 1.81 bits per heavy atom. The van der Waals surface area contributed by atoms with Crippen LogP contribution in [0.2, 0.25) is 0 Å². The van der Waals surface area contributed by atoms with Crippen LogP contribution in [-0.4, -0.2) is 87.0 Å². The number of carboxylic acids is 2. The molecule has 13 nitrogen and oxygen atoms in total. The number of carboxylic acid groups (broad SMARTS) is 2. The first-order valence-electron chi connectivity index (χ1n) is 9.70. The van der Waals surface area contributed by atoms with Gasteiger partial charge in [-0.1, -0.05) is 13.8 Å². The highest BCUT2D eigenvalue weighted by Crippen LogP contribution is 2.05. The second-order valence-electron chi connectivity index (χ2n) is 7.54. The summed E-state index contributed by atoms with van der Waals surface area (Å²) in [6.45, 7) is 3.88. The Kier molecular flexibility index (Phi) is 12.3. The SMILES string of the molecule is CC(C)CC(N)C(=O)NC(CCC(=O)O)C(=O)NC(CO)C(=O)NC(C(=O)O)C(C)O. The maximum atomic E-state index is 12.5. The number of carbonyl (C=O) groups excluding carboxylic acids is 3. The molecule has 0 spiro atoms. The zero-order chi connectivity index (χ0) is 24.3. The van der Waals surface area contributed by atoms with E-state index in [1.165, 1.54) is 0 Å². The molecular formula is C18H32N4O9. The van der Waals surface area contributed by atoms with Gasteiger partial charge in [-0.2, -0.15) is 0 Å². The van der Waals surface area contributed by atoms with E-state index in [0.29, 0.717) is 6.42 Å². The number of nitrogens with two attached hydrogens (primary N) is 1. The van der Waals surface area contributed by atoms with Crippen molar-refractivity contribution in [1.82, 2.24) is 16.0 Å². The predicted octanol–water partition coefficient (Wildman–Crippen LogP) is -2.86. The molecule has 0 heterocycles. The van der Waals surface area contributed by atoms with Gasteiger partial charge in [0.25, 0.3) is 0 Å². The van der Waals surface area contributed by atoms with Crippen LogP contribution in [0, 0.1) is 5.92 Å². The molecular weight excluding hydrogens is 416 g/mol. The van der Waals surface area contributed by atoms with Crippen LogP contribution in [0.15, 0.2) is 0 Å². The molecule has 3 amide bonds. The lowest BCUT2D eigenvalue weighted by atomic mass is 10.0. The number of carbonyl (C=O) groups is 5. The highest BCUT2D eigenvalue weighted by molar-refractivity contribution is 5.94. The van der Waals surface area contributed by atoms with Crippen LogP contribution in [0.5, 0.6) is 0 Å². The van der Waals surface area contributed by atoms with E-state index in [1.54, 1.807) is 0 Å². The molecule has 0 saturated heterocycles. The fourth-order valence-electron chi connectivity index (χ4n) is 2.54. The smallest absolute Gasteiger partial charge is 0.328 e. The number of aliphatic hydroxyl groups is 2. The normalized spacial score (nSPS) is 15.8. The maximum Gasteiger partial charge on any atom is 0.328 e. The van der Waals surface area contributed by atoms with E-state index in [4.69, 9.17) is 15.9 Å². The molecule has 9 N–H and O–H groups in total. The molecule has 0 saturated carbocycles. The molecule has 0 aliphatic carbocycles. The Labute approximate surface area is 179 Å². The molecule has 0 radical (unpaired) electrons. The summed E-state index contributed by atoms with van der Waals surface area (Å²) in [5, 5.41) is 43.2. The lowest BCUT2D eigenvalue weighted by molar-refractivity contribution is -0.145. The van der Waals surface area contributed by atoms with Gasteiger partial charge in [0.05, 0.1) is 18.8 Å². The molecule has 5 unspecified atom stereocenters. The standard InChI is InChI=1S/C18H32N4O9/c1-8(2)6-10(19)15(27)20-11(4-5-13(25)26)16(28)21-12(7-23)17(29)22-14(9(3)24)18(30)31/h8-12,14,23-24H,4-7,19H2,1-3H3,(H,20,27)(H,21,28)(H,22,29)(H,25,26)(H,30,31). The molecule has 0 rings (SSSR count). The Morgan fingerprint density at radius 1 is 0.871 bits per heavy atom. The average Bonchev–Trinajstić information content (AvgIpc) is 2.65. The van der Waals surface area contributed by atoms with Gasteiger partial charge in [0.1, 0.15) is 12.1 Å². The van der Waals surface area contributed by atoms with Crippen molar-refractivity contribution in [1.29, 1.82) is 0 Å². The molecule has 31 heavy (non-hydrogen) atoms. The molecule has 0 aliphatic heterocycles. The minimum absolute atomic E-state index is 0.0885. The van der Waals surface area contributed by atoms with Gasteiger partial charge in [-0.05, 0) is 25.7 Å². The van der Waals surface area contributed by atoms with Gasteiger partial charge in [0.15, 0.2) is 6.04 Å². The van der Waals surface area contributed by atoms with Gasteiger partial charge < -0.3 is 42.1 Å². The summed E-state index contributed by atoms with van der Waals surface area (Å²) in [5.41, 5.74) is 5.77.